The second-order valence-corrected chi connectivity index (χ2v) is 8.55. The van der Waals surface area contributed by atoms with Gasteiger partial charge in [0.05, 0.1) is 16.8 Å². The van der Waals surface area contributed by atoms with Crippen molar-refractivity contribution in [3.8, 4) is 11.3 Å². The number of nitrogen functional groups attached to an aromatic ring is 1. The van der Waals surface area contributed by atoms with Crippen LogP contribution in [0.1, 0.15) is 5.56 Å². The van der Waals surface area contributed by atoms with Crippen molar-refractivity contribution in [3.05, 3.63) is 36.3 Å². The average molecular weight is 406 g/mol. The van der Waals surface area contributed by atoms with Gasteiger partial charge in [0.1, 0.15) is 18.6 Å². The first-order valence-corrected chi connectivity index (χ1v) is 9.99. The van der Waals surface area contributed by atoms with Gasteiger partial charge in [-0.3, -0.25) is 0 Å². The summed E-state index contributed by atoms with van der Waals surface area (Å²) in [7, 11) is -2.51. The molecule has 28 heavy (non-hydrogen) atoms. The van der Waals surface area contributed by atoms with Crippen LogP contribution in [-0.4, -0.2) is 64.8 Å². The summed E-state index contributed by atoms with van der Waals surface area (Å²) < 4.78 is 47.7. The zero-order chi connectivity index (χ0) is 20.1. The molecule has 2 N–H and O–H groups in total. The van der Waals surface area contributed by atoms with Crippen LogP contribution in [0.4, 0.5) is 10.2 Å². The highest BCUT2D eigenvalue weighted by atomic mass is 32.2. The highest BCUT2D eigenvalue weighted by Gasteiger charge is 2.40. The SMILES string of the molecule is CO[C@@H]1CN(S(=O)(=O)c2ccc(C)c(-c3cnc4c(N)ncnn34)c2)C[C@H]1F. The number of aryl methyl sites for hydroxylation is 1. The molecular weight excluding hydrogens is 387 g/mol. The van der Waals surface area contributed by atoms with Gasteiger partial charge in [-0.05, 0) is 24.6 Å². The number of halogens is 1. The number of hydrogen-bond donors (Lipinski definition) is 1. The molecule has 1 fully saturated rings. The normalized spacial score (nSPS) is 20.8. The number of alkyl halides is 1. The summed E-state index contributed by atoms with van der Waals surface area (Å²) in [6.07, 6.45) is 0.745. The molecule has 0 spiro atoms. The third-order valence-corrected chi connectivity index (χ3v) is 6.75. The quantitative estimate of drug-likeness (QED) is 0.688. The number of ether oxygens (including phenoxy) is 1. The van der Waals surface area contributed by atoms with Crippen LogP contribution in [0.15, 0.2) is 35.6 Å². The minimum Gasteiger partial charge on any atom is -0.381 e. The monoisotopic (exact) mass is 406 g/mol. The van der Waals surface area contributed by atoms with E-state index < -0.39 is 22.3 Å². The zero-order valence-electron chi connectivity index (χ0n) is 15.3. The van der Waals surface area contributed by atoms with Gasteiger partial charge in [0.15, 0.2) is 11.5 Å². The summed E-state index contributed by atoms with van der Waals surface area (Å²) in [5.41, 5.74) is 8.25. The number of aromatic nitrogens is 4. The van der Waals surface area contributed by atoms with Crippen LogP contribution in [0.3, 0.4) is 0 Å². The molecule has 3 aromatic rings. The minimum atomic E-state index is -3.88. The lowest BCUT2D eigenvalue weighted by atomic mass is 10.1. The van der Waals surface area contributed by atoms with Crippen molar-refractivity contribution in [2.24, 2.45) is 0 Å². The minimum absolute atomic E-state index is 0.0252. The van der Waals surface area contributed by atoms with E-state index in [0.29, 0.717) is 16.9 Å². The van der Waals surface area contributed by atoms with Crippen LogP contribution in [-0.2, 0) is 14.8 Å². The van der Waals surface area contributed by atoms with Crippen LogP contribution < -0.4 is 5.73 Å². The fourth-order valence-electron chi connectivity index (χ4n) is 3.33. The van der Waals surface area contributed by atoms with Gasteiger partial charge in [0.2, 0.25) is 10.0 Å². The van der Waals surface area contributed by atoms with Gasteiger partial charge in [-0.1, -0.05) is 6.07 Å². The van der Waals surface area contributed by atoms with Gasteiger partial charge in [-0.2, -0.15) is 9.40 Å². The smallest absolute Gasteiger partial charge is 0.243 e. The molecular formula is C17H19FN6O3S. The molecule has 9 nitrogen and oxygen atoms in total. The summed E-state index contributed by atoms with van der Waals surface area (Å²) >= 11 is 0. The van der Waals surface area contributed by atoms with E-state index in [4.69, 9.17) is 10.5 Å². The van der Waals surface area contributed by atoms with Crippen LogP contribution >= 0.6 is 0 Å². The van der Waals surface area contributed by atoms with E-state index in [1.807, 2.05) is 6.92 Å². The Morgan fingerprint density at radius 2 is 2.07 bits per heavy atom. The number of fused-ring (bicyclic) bond motifs is 1. The molecule has 4 rings (SSSR count). The molecule has 1 aliphatic rings. The van der Waals surface area contributed by atoms with Gasteiger partial charge in [-0.25, -0.2) is 27.3 Å². The zero-order valence-corrected chi connectivity index (χ0v) is 16.1. The van der Waals surface area contributed by atoms with Crippen molar-refractivity contribution in [3.63, 3.8) is 0 Å². The van der Waals surface area contributed by atoms with E-state index in [2.05, 4.69) is 15.1 Å². The molecule has 0 amide bonds. The Labute approximate surface area is 161 Å². The van der Waals surface area contributed by atoms with E-state index in [1.54, 1.807) is 18.3 Å². The molecule has 148 valence electrons. The Morgan fingerprint density at radius 3 is 2.79 bits per heavy atom. The fraction of sp³-hybridized carbons (Fsp3) is 0.353. The predicted octanol–water partition coefficient (Wildman–Crippen LogP) is 1.04. The Kier molecular flexibility index (Phi) is 4.52. The molecule has 11 heteroatoms. The highest BCUT2D eigenvalue weighted by molar-refractivity contribution is 7.89. The van der Waals surface area contributed by atoms with Crippen LogP contribution in [0, 0.1) is 6.92 Å². The molecule has 0 unspecified atom stereocenters. The number of hydrogen-bond acceptors (Lipinski definition) is 7. The highest BCUT2D eigenvalue weighted by Crippen LogP contribution is 2.30. The first kappa shape index (κ1) is 18.7. The van der Waals surface area contributed by atoms with Gasteiger partial charge >= 0.3 is 0 Å². The second-order valence-electron chi connectivity index (χ2n) is 6.61. The Balaban J connectivity index is 1.78. The van der Waals surface area contributed by atoms with E-state index in [0.717, 1.165) is 9.87 Å². The topological polar surface area (TPSA) is 116 Å². The van der Waals surface area contributed by atoms with E-state index in [1.165, 1.54) is 24.0 Å². The molecule has 1 aliphatic heterocycles. The van der Waals surface area contributed by atoms with Crippen molar-refractivity contribution in [2.75, 3.05) is 25.9 Å². The first-order valence-electron chi connectivity index (χ1n) is 8.55. The van der Waals surface area contributed by atoms with Crippen molar-refractivity contribution in [1.82, 2.24) is 23.9 Å². The molecule has 0 bridgehead atoms. The Morgan fingerprint density at radius 1 is 1.29 bits per heavy atom. The summed E-state index contributed by atoms with van der Waals surface area (Å²) in [5, 5.41) is 4.16. The van der Waals surface area contributed by atoms with Gasteiger partial charge in [0, 0.05) is 25.8 Å². The number of benzene rings is 1. The first-order chi connectivity index (χ1) is 13.3. The molecule has 2 atom stereocenters. The summed E-state index contributed by atoms with van der Waals surface area (Å²) in [4.78, 5) is 8.19. The Bertz CT molecular complexity index is 1150. The summed E-state index contributed by atoms with van der Waals surface area (Å²) in [6, 6.07) is 4.75. The third-order valence-electron chi connectivity index (χ3n) is 4.92. The standard InChI is InChI=1S/C17H19FN6O3S/c1-10-3-4-11(28(25,26)23-7-13(18)15(8-23)27-2)5-12(10)14-6-20-17-16(19)21-9-22-24(14)17/h3-6,9,13,15H,7-8H2,1-2H3,(H2,19,21,22)/t13-,15-/m1/s1. The molecule has 0 aliphatic carbocycles. The lowest BCUT2D eigenvalue weighted by Gasteiger charge is -2.17. The maximum Gasteiger partial charge on any atom is 0.243 e. The second kappa shape index (κ2) is 6.76. The number of anilines is 1. The van der Waals surface area contributed by atoms with Crippen molar-refractivity contribution < 1.29 is 17.5 Å². The molecule has 1 aromatic carbocycles. The molecule has 2 aromatic heterocycles. The largest absolute Gasteiger partial charge is 0.381 e. The molecule has 0 radical (unpaired) electrons. The van der Waals surface area contributed by atoms with Crippen molar-refractivity contribution in [1.29, 1.82) is 0 Å². The van der Waals surface area contributed by atoms with Gasteiger partial charge < -0.3 is 10.5 Å². The van der Waals surface area contributed by atoms with Crippen molar-refractivity contribution in [2.45, 2.75) is 24.1 Å². The van der Waals surface area contributed by atoms with Gasteiger partial charge in [0.25, 0.3) is 0 Å². The number of methoxy groups -OCH3 is 1. The van der Waals surface area contributed by atoms with Crippen LogP contribution in [0.5, 0.6) is 0 Å². The number of imidazole rings is 1. The lowest BCUT2D eigenvalue weighted by Crippen LogP contribution is -2.30. The third kappa shape index (κ3) is 2.91. The van der Waals surface area contributed by atoms with Crippen molar-refractivity contribution >= 4 is 21.5 Å². The number of nitrogens with two attached hydrogens (primary N) is 1. The van der Waals surface area contributed by atoms with Crippen LogP contribution in [0.2, 0.25) is 0 Å². The fourth-order valence-corrected chi connectivity index (χ4v) is 4.81. The van der Waals surface area contributed by atoms with E-state index in [-0.39, 0.29) is 23.8 Å². The van der Waals surface area contributed by atoms with Gasteiger partial charge in [-0.15, -0.1) is 0 Å². The molecule has 1 saturated heterocycles. The summed E-state index contributed by atoms with van der Waals surface area (Å²) in [6.45, 7) is 1.59. The average Bonchev–Trinajstić information content (AvgIpc) is 3.26. The molecule has 3 heterocycles. The van der Waals surface area contributed by atoms with Crippen LogP contribution in [0.25, 0.3) is 16.9 Å². The lowest BCUT2D eigenvalue weighted by molar-refractivity contribution is 0.0637. The molecule has 0 saturated carbocycles. The number of nitrogens with zero attached hydrogens (tertiary/aromatic N) is 5. The Hall–Kier alpha value is -2.63. The van der Waals surface area contributed by atoms with E-state index >= 15 is 0 Å². The number of rotatable bonds is 4. The number of sulfonamides is 1. The summed E-state index contributed by atoms with van der Waals surface area (Å²) in [5.74, 6) is 0.222. The van der Waals surface area contributed by atoms with E-state index in [9.17, 15) is 12.8 Å². The maximum atomic E-state index is 14.0. The maximum absolute atomic E-state index is 14.0. The predicted molar refractivity (Wildman–Crippen MR) is 99.8 cm³/mol.